The second kappa shape index (κ2) is 5.63. The number of esters is 1. The smallest absolute Gasteiger partial charge is 0.344 e. The maximum Gasteiger partial charge on any atom is 0.344 e. The highest BCUT2D eigenvalue weighted by Crippen LogP contribution is 2.39. The number of ether oxygens (including phenoxy) is 3. The van der Waals surface area contributed by atoms with E-state index in [0.29, 0.717) is 5.75 Å². The van der Waals surface area contributed by atoms with Gasteiger partial charge in [-0.05, 0) is 6.92 Å². The lowest BCUT2D eigenvalue weighted by molar-refractivity contribution is 0.0524. The van der Waals surface area contributed by atoms with Gasteiger partial charge in [0, 0.05) is 6.07 Å². The average molecular weight is 260 g/mol. The van der Waals surface area contributed by atoms with Gasteiger partial charge in [-0.25, -0.2) is 4.79 Å². The molecule has 6 heteroatoms. The first-order valence-electron chi connectivity index (χ1n) is 4.93. The molecule has 0 fully saturated rings. The number of hydrogen-bond donors (Lipinski definition) is 1. The van der Waals surface area contributed by atoms with Gasteiger partial charge in [0.1, 0.15) is 22.1 Å². The van der Waals surface area contributed by atoms with Crippen LogP contribution >= 0.6 is 11.6 Å². The Hall–Kier alpha value is -1.62. The number of methoxy groups -OCH3 is 2. The van der Waals surface area contributed by atoms with Crippen molar-refractivity contribution in [2.75, 3.05) is 26.6 Å². The van der Waals surface area contributed by atoms with Gasteiger partial charge in [0.25, 0.3) is 0 Å². The average Bonchev–Trinajstić information content (AvgIpc) is 2.32. The molecule has 0 aliphatic carbocycles. The lowest BCUT2D eigenvalue weighted by Crippen LogP contribution is -2.11. The molecule has 17 heavy (non-hydrogen) atoms. The minimum absolute atomic E-state index is 0.0846. The minimum atomic E-state index is -0.577. The van der Waals surface area contributed by atoms with E-state index in [1.807, 2.05) is 0 Å². The van der Waals surface area contributed by atoms with E-state index in [9.17, 15) is 4.79 Å². The first-order valence-corrected chi connectivity index (χ1v) is 5.31. The van der Waals surface area contributed by atoms with E-state index in [1.165, 1.54) is 20.3 Å². The summed E-state index contributed by atoms with van der Waals surface area (Å²) in [5.74, 6) is 0.0302. The summed E-state index contributed by atoms with van der Waals surface area (Å²) >= 11 is 5.96. The van der Waals surface area contributed by atoms with Crippen molar-refractivity contribution in [3.63, 3.8) is 0 Å². The summed E-state index contributed by atoms with van der Waals surface area (Å²) in [6.45, 7) is 1.94. The molecule has 0 saturated carbocycles. The molecule has 0 bridgehead atoms. The normalized spacial score (nSPS) is 9.88. The Morgan fingerprint density at radius 3 is 2.41 bits per heavy atom. The Bertz CT molecular complexity index is 434. The highest BCUT2D eigenvalue weighted by atomic mass is 35.5. The van der Waals surface area contributed by atoms with Crippen molar-refractivity contribution >= 4 is 23.3 Å². The number of carbonyl (C=O) groups is 1. The fourth-order valence-electron chi connectivity index (χ4n) is 1.35. The molecule has 1 rings (SSSR count). The lowest BCUT2D eigenvalue weighted by Gasteiger charge is -2.14. The minimum Gasteiger partial charge on any atom is -0.496 e. The Morgan fingerprint density at radius 2 is 1.94 bits per heavy atom. The molecular weight excluding hydrogens is 246 g/mol. The molecule has 0 atom stereocenters. The van der Waals surface area contributed by atoms with Crippen LogP contribution in [0.25, 0.3) is 0 Å². The van der Waals surface area contributed by atoms with Crippen LogP contribution in [0.2, 0.25) is 5.02 Å². The molecule has 0 spiro atoms. The third-order valence-electron chi connectivity index (χ3n) is 2.15. The monoisotopic (exact) mass is 259 g/mol. The quantitative estimate of drug-likeness (QED) is 0.662. The molecule has 0 heterocycles. The van der Waals surface area contributed by atoms with Crippen LogP contribution < -0.4 is 15.2 Å². The number of halogens is 1. The van der Waals surface area contributed by atoms with Crippen molar-refractivity contribution in [1.82, 2.24) is 0 Å². The number of anilines is 1. The van der Waals surface area contributed by atoms with Gasteiger partial charge >= 0.3 is 5.97 Å². The van der Waals surface area contributed by atoms with Crippen molar-refractivity contribution < 1.29 is 19.0 Å². The van der Waals surface area contributed by atoms with Gasteiger partial charge in [-0.1, -0.05) is 11.6 Å². The predicted octanol–water partition coefficient (Wildman–Crippen LogP) is 2.12. The molecule has 0 unspecified atom stereocenters. The third kappa shape index (κ3) is 2.55. The van der Waals surface area contributed by atoms with Gasteiger partial charge in [-0.15, -0.1) is 0 Å². The molecule has 0 aromatic heterocycles. The molecule has 0 saturated heterocycles. The summed E-state index contributed by atoms with van der Waals surface area (Å²) in [4.78, 5) is 11.7. The van der Waals surface area contributed by atoms with E-state index in [0.717, 1.165) is 0 Å². The lowest BCUT2D eigenvalue weighted by atomic mass is 10.1. The number of nitrogens with two attached hydrogens (primary N) is 1. The summed E-state index contributed by atoms with van der Waals surface area (Å²) in [5, 5.41) is 0.163. The van der Waals surface area contributed by atoms with Gasteiger partial charge in [0.2, 0.25) is 0 Å². The Balaban J connectivity index is 3.37. The van der Waals surface area contributed by atoms with Crippen molar-refractivity contribution in [1.29, 1.82) is 0 Å². The van der Waals surface area contributed by atoms with Crippen LogP contribution in [0, 0.1) is 0 Å². The maximum atomic E-state index is 11.7. The van der Waals surface area contributed by atoms with Gasteiger partial charge in [-0.3, -0.25) is 0 Å². The first-order chi connectivity index (χ1) is 8.06. The van der Waals surface area contributed by atoms with E-state index in [1.54, 1.807) is 6.92 Å². The van der Waals surface area contributed by atoms with Crippen LogP contribution in [0.3, 0.4) is 0 Å². The third-order valence-corrected chi connectivity index (χ3v) is 2.54. The molecule has 94 valence electrons. The zero-order valence-electron chi connectivity index (χ0n) is 9.87. The van der Waals surface area contributed by atoms with Crippen LogP contribution in [0.15, 0.2) is 6.07 Å². The second-order valence-electron chi connectivity index (χ2n) is 3.10. The van der Waals surface area contributed by atoms with Crippen LogP contribution in [0.5, 0.6) is 11.5 Å². The number of nitrogen functional groups attached to an aromatic ring is 1. The van der Waals surface area contributed by atoms with E-state index in [4.69, 9.17) is 31.5 Å². The van der Waals surface area contributed by atoms with Crippen LogP contribution in [0.4, 0.5) is 5.69 Å². The molecule has 1 aromatic rings. The zero-order valence-corrected chi connectivity index (χ0v) is 10.6. The molecule has 0 aliphatic heterocycles. The van der Waals surface area contributed by atoms with Crippen molar-refractivity contribution in [3.8, 4) is 11.5 Å². The van der Waals surface area contributed by atoms with E-state index >= 15 is 0 Å². The van der Waals surface area contributed by atoms with Crippen LogP contribution in [-0.2, 0) is 4.74 Å². The van der Waals surface area contributed by atoms with Crippen LogP contribution in [-0.4, -0.2) is 26.8 Å². The van der Waals surface area contributed by atoms with Crippen LogP contribution in [0.1, 0.15) is 17.3 Å². The summed E-state index contributed by atoms with van der Waals surface area (Å²) in [7, 11) is 2.87. The van der Waals surface area contributed by atoms with E-state index < -0.39 is 5.97 Å². The predicted molar refractivity (Wildman–Crippen MR) is 64.9 cm³/mol. The summed E-state index contributed by atoms with van der Waals surface area (Å²) in [6.07, 6.45) is 0. The Labute approximate surface area is 104 Å². The van der Waals surface area contributed by atoms with Gasteiger partial charge in [0.15, 0.2) is 0 Å². The Morgan fingerprint density at radius 1 is 1.35 bits per heavy atom. The number of rotatable bonds is 4. The van der Waals surface area contributed by atoms with Gasteiger partial charge in [-0.2, -0.15) is 0 Å². The molecular formula is C11H14ClNO4. The fraction of sp³-hybridized carbons (Fsp3) is 0.364. The summed E-state index contributed by atoms with van der Waals surface area (Å²) < 4.78 is 15.0. The molecule has 2 N–H and O–H groups in total. The highest BCUT2D eigenvalue weighted by Gasteiger charge is 2.22. The number of benzene rings is 1. The zero-order chi connectivity index (χ0) is 13.0. The molecule has 0 aliphatic rings. The van der Waals surface area contributed by atoms with E-state index in [2.05, 4.69) is 0 Å². The molecule has 0 radical (unpaired) electrons. The Kier molecular flexibility index (Phi) is 4.45. The maximum absolute atomic E-state index is 11.7. The summed E-state index contributed by atoms with van der Waals surface area (Å²) in [5.41, 5.74) is 5.97. The molecule has 0 amide bonds. The molecule has 5 nitrogen and oxygen atoms in total. The van der Waals surface area contributed by atoms with Crippen molar-refractivity contribution in [3.05, 3.63) is 16.7 Å². The summed E-state index contributed by atoms with van der Waals surface area (Å²) in [6, 6.07) is 1.49. The fourth-order valence-corrected chi connectivity index (χ4v) is 1.58. The highest BCUT2D eigenvalue weighted by molar-refractivity contribution is 6.35. The molecule has 1 aromatic carbocycles. The van der Waals surface area contributed by atoms with Gasteiger partial charge in [0.05, 0.1) is 26.5 Å². The number of carbonyl (C=O) groups excluding carboxylic acids is 1. The largest absolute Gasteiger partial charge is 0.496 e. The standard InChI is InChI=1S/C11H14ClNO4/c1-4-17-11(14)8-6(15-2)5-7(16-3)9(12)10(8)13/h5H,4,13H2,1-3H3. The number of hydrogen-bond acceptors (Lipinski definition) is 5. The van der Waals surface area contributed by atoms with E-state index in [-0.39, 0.29) is 28.6 Å². The van der Waals surface area contributed by atoms with Crippen molar-refractivity contribution in [2.24, 2.45) is 0 Å². The topological polar surface area (TPSA) is 70.8 Å². The van der Waals surface area contributed by atoms with Gasteiger partial charge < -0.3 is 19.9 Å². The SMILES string of the molecule is CCOC(=O)c1c(OC)cc(OC)c(Cl)c1N. The van der Waals surface area contributed by atoms with Crippen molar-refractivity contribution in [2.45, 2.75) is 6.92 Å². The second-order valence-corrected chi connectivity index (χ2v) is 3.48. The first kappa shape index (κ1) is 13.4.